The number of halogens is 1. The van der Waals surface area contributed by atoms with E-state index in [2.05, 4.69) is 70.6 Å². The van der Waals surface area contributed by atoms with Gasteiger partial charge in [0.05, 0.1) is 0 Å². The van der Waals surface area contributed by atoms with E-state index in [1.807, 2.05) is 13.1 Å². The fraction of sp³-hybridized carbons (Fsp3) is 0.200. The van der Waals surface area contributed by atoms with Crippen LogP contribution in [-0.4, -0.2) is 7.05 Å². The van der Waals surface area contributed by atoms with Gasteiger partial charge in [0.1, 0.15) is 0 Å². The maximum atomic E-state index is 3.49. The summed E-state index contributed by atoms with van der Waals surface area (Å²) in [5.41, 5.74) is 1.32. The summed E-state index contributed by atoms with van der Waals surface area (Å²) in [6.45, 7) is 2.16. The van der Waals surface area contributed by atoms with Crippen molar-refractivity contribution in [2.24, 2.45) is 0 Å². The highest BCUT2D eigenvalue weighted by Crippen LogP contribution is 2.30. The molecular weight excluding hydrogens is 306 g/mol. The summed E-state index contributed by atoms with van der Waals surface area (Å²) in [6.07, 6.45) is 0. The average Bonchev–Trinajstić information content (AvgIpc) is 2.39. The topological polar surface area (TPSA) is 12.0 Å². The third kappa shape index (κ3) is 3.61. The van der Waals surface area contributed by atoms with E-state index in [1.165, 1.54) is 15.4 Å². The summed E-state index contributed by atoms with van der Waals surface area (Å²) in [6, 6.07) is 17.5. The van der Waals surface area contributed by atoms with Crippen LogP contribution in [0.15, 0.2) is 62.8 Å². The Morgan fingerprint density at radius 2 is 1.78 bits per heavy atom. The molecule has 0 fully saturated rings. The Labute approximate surface area is 121 Å². The first-order valence-corrected chi connectivity index (χ1v) is 7.50. The second-order valence-electron chi connectivity index (χ2n) is 4.14. The minimum absolute atomic E-state index is 0.398. The van der Waals surface area contributed by atoms with Gasteiger partial charge in [-0.15, -0.1) is 0 Å². The Morgan fingerprint density at radius 3 is 2.39 bits per heavy atom. The van der Waals surface area contributed by atoms with Gasteiger partial charge in [0.25, 0.3) is 0 Å². The predicted octanol–water partition coefficient (Wildman–Crippen LogP) is 4.88. The normalized spacial score (nSPS) is 12.4. The third-order valence-electron chi connectivity index (χ3n) is 2.84. The van der Waals surface area contributed by atoms with E-state index >= 15 is 0 Å². The Bertz CT molecular complexity index is 510. The highest BCUT2D eigenvalue weighted by Gasteiger charge is 2.03. The maximum absolute atomic E-state index is 3.49. The van der Waals surface area contributed by atoms with Crippen LogP contribution in [0.4, 0.5) is 0 Å². The van der Waals surface area contributed by atoms with Crippen LogP contribution >= 0.6 is 27.7 Å². The molecule has 0 aliphatic carbocycles. The first kappa shape index (κ1) is 13.7. The van der Waals surface area contributed by atoms with Crippen LogP contribution in [0.3, 0.4) is 0 Å². The van der Waals surface area contributed by atoms with Gasteiger partial charge >= 0.3 is 0 Å². The second kappa shape index (κ2) is 6.41. The number of rotatable bonds is 4. The van der Waals surface area contributed by atoms with Crippen molar-refractivity contribution in [1.29, 1.82) is 0 Å². The van der Waals surface area contributed by atoms with Crippen LogP contribution in [0.5, 0.6) is 0 Å². The third-order valence-corrected chi connectivity index (χ3v) is 4.34. The lowest BCUT2D eigenvalue weighted by atomic mass is 10.1. The molecule has 2 aromatic rings. The molecule has 18 heavy (non-hydrogen) atoms. The molecule has 0 aromatic heterocycles. The number of hydrogen-bond acceptors (Lipinski definition) is 2. The molecule has 94 valence electrons. The highest BCUT2D eigenvalue weighted by atomic mass is 79.9. The SMILES string of the molecule is CNC(C)c1ccc(Sc2cccc(Br)c2)cc1. The van der Waals surface area contributed by atoms with Gasteiger partial charge in [-0.2, -0.15) is 0 Å². The maximum Gasteiger partial charge on any atom is 0.0289 e. The molecule has 0 saturated carbocycles. The van der Waals surface area contributed by atoms with E-state index in [-0.39, 0.29) is 0 Å². The Balaban J connectivity index is 2.11. The van der Waals surface area contributed by atoms with Crippen molar-refractivity contribution < 1.29 is 0 Å². The van der Waals surface area contributed by atoms with E-state index in [0.29, 0.717) is 6.04 Å². The van der Waals surface area contributed by atoms with Crippen molar-refractivity contribution in [2.75, 3.05) is 7.05 Å². The molecule has 2 aromatic carbocycles. The summed E-state index contributed by atoms with van der Waals surface area (Å²) in [4.78, 5) is 2.51. The standard InChI is InChI=1S/C15H16BrNS/c1-11(17-2)12-6-8-14(9-7-12)18-15-5-3-4-13(16)10-15/h3-11,17H,1-2H3. The molecule has 0 amide bonds. The summed E-state index contributed by atoms with van der Waals surface area (Å²) < 4.78 is 1.12. The Kier molecular flexibility index (Phi) is 4.87. The van der Waals surface area contributed by atoms with Crippen molar-refractivity contribution in [3.8, 4) is 0 Å². The molecule has 0 bridgehead atoms. The molecule has 0 radical (unpaired) electrons. The van der Waals surface area contributed by atoms with Crippen LogP contribution in [-0.2, 0) is 0 Å². The molecule has 0 heterocycles. The average molecular weight is 322 g/mol. The smallest absolute Gasteiger partial charge is 0.0289 e. The van der Waals surface area contributed by atoms with Crippen molar-refractivity contribution in [2.45, 2.75) is 22.8 Å². The first-order chi connectivity index (χ1) is 8.69. The van der Waals surface area contributed by atoms with Gasteiger partial charge in [0.15, 0.2) is 0 Å². The lowest BCUT2D eigenvalue weighted by molar-refractivity contribution is 0.652. The molecule has 2 rings (SSSR count). The monoisotopic (exact) mass is 321 g/mol. The quantitative estimate of drug-likeness (QED) is 0.861. The lowest BCUT2D eigenvalue weighted by Crippen LogP contribution is -2.11. The van der Waals surface area contributed by atoms with Crippen LogP contribution < -0.4 is 5.32 Å². The zero-order chi connectivity index (χ0) is 13.0. The molecule has 0 aliphatic rings. The van der Waals surface area contributed by atoms with Gasteiger partial charge in [-0.05, 0) is 49.9 Å². The van der Waals surface area contributed by atoms with E-state index in [1.54, 1.807) is 11.8 Å². The summed E-state index contributed by atoms with van der Waals surface area (Å²) in [5.74, 6) is 0. The molecular formula is C15H16BrNS. The van der Waals surface area contributed by atoms with Gasteiger partial charge in [0, 0.05) is 20.3 Å². The fourth-order valence-corrected chi connectivity index (χ4v) is 3.09. The molecule has 1 nitrogen and oxygen atoms in total. The molecule has 0 saturated heterocycles. The second-order valence-corrected chi connectivity index (χ2v) is 6.20. The van der Waals surface area contributed by atoms with Crippen molar-refractivity contribution >= 4 is 27.7 Å². The van der Waals surface area contributed by atoms with E-state index in [9.17, 15) is 0 Å². The number of hydrogen-bond donors (Lipinski definition) is 1. The number of benzene rings is 2. The van der Waals surface area contributed by atoms with E-state index in [4.69, 9.17) is 0 Å². The van der Waals surface area contributed by atoms with Crippen molar-refractivity contribution in [3.63, 3.8) is 0 Å². The molecule has 1 unspecified atom stereocenters. The zero-order valence-corrected chi connectivity index (χ0v) is 12.9. The fourth-order valence-electron chi connectivity index (χ4n) is 1.66. The van der Waals surface area contributed by atoms with Crippen LogP contribution in [0.1, 0.15) is 18.5 Å². The lowest BCUT2D eigenvalue weighted by Gasteiger charge is -2.11. The van der Waals surface area contributed by atoms with E-state index < -0.39 is 0 Å². The molecule has 0 aliphatic heterocycles. The predicted molar refractivity (Wildman–Crippen MR) is 82.2 cm³/mol. The molecule has 1 N–H and O–H groups in total. The molecule has 3 heteroatoms. The van der Waals surface area contributed by atoms with Crippen molar-refractivity contribution in [3.05, 3.63) is 58.6 Å². The minimum atomic E-state index is 0.398. The summed E-state index contributed by atoms with van der Waals surface area (Å²) in [7, 11) is 1.98. The minimum Gasteiger partial charge on any atom is -0.313 e. The van der Waals surface area contributed by atoms with Crippen LogP contribution in [0.25, 0.3) is 0 Å². The summed E-state index contributed by atoms with van der Waals surface area (Å²) in [5, 5.41) is 3.24. The van der Waals surface area contributed by atoms with E-state index in [0.717, 1.165) is 4.47 Å². The van der Waals surface area contributed by atoms with Gasteiger partial charge in [-0.1, -0.05) is 45.9 Å². The number of nitrogens with one attached hydrogen (secondary N) is 1. The van der Waals surface area contributed by atoms with Gasteiger partial charge in [0.2, 0.25) is 0 Å². The first-order valence-electron chi connectivity index (χ1n) is 5.89. The Morgan fingerprint density at radius 1 is 1.06 bits per heavy atom. The Hall–Kier alpha value is -0.770. The van der Waals surface area contributed by atoms with Gasteiger partial charge in [-0.3, -0.25) is 0 Å². The van der Waals surface area contributed by atoms with Crippen LogP contribution in [0.2, 0.25) is 0 Å². The zero-order valence-electron chi connectivity index (χ0n) is 10.5. The van der Waals surface area contributed by atoms with Gasteiger partial charge in [-0.25, -0.2) is 0 Å². The molecule has 0 spiro atoms. The van der Waals surface area contributed by atoms with Crippen LogP contribution in [0, 0.1) is 0 Å². The summed E-state index contributed by atoms with van der Waals surface area (Å²) >= 11 is 5.27. The largest absolute Gasteiger partial charge is 0.313 e. The molecule has 1 atom stereocenters. The highest BCUT2D eigenvalue weighted by molar-refractivity contribution is 9.10. The van der Waals surface area contributed by atoms with Crippen molar-refractivity contribution in [1.82, 2.24) is 5.32 Å². The van der Waals surface area contributed by atoms with Gasteiger partial charge < -0.3 is 5.32 Å².